The van der Waals surface area contributed by atoms with E-state index in [1.165, 1.54) is 24.9 Å². The van der Waals surface area contributed by atoms with Gasteiger partial charge >= 0.3 is 5.97 Å². The van der Waals surface area contributed by atoms with Gasteiger partial charge in [0.2, 0.25) is 0 Å². The third-order valence-electron chi connectivity index (χ3n) is 6.00. The molecule has 1 N–H and O–H groups in total. The highest BCUT2D eigenvalue weighted by atomic mass is 16.5. The molecule has 2 fully saturated rings. The van der Waals surface area contributed by atoms with Crippen LogP contribution >= 0.6 is 0 Å². The van der Waals surface area contributed by atoms with Crippen LogP contribution in [-0.4, -0.2) is 22.2 Å². The topological polar surface area (TPSA) is 59.4 Å². The number of rotatable bonds is 3. The Hall–Kier alpha value is -1.58. The summed E-state index contributed by atoms with van der Waals surface area (Å²) in [5.41, 5.74) is 0.566. The van der Waals surface area contributed by atoms with Crippen molar-refractivity contribution >= 4 is 5.97 Å². The fourth-order valence-corrected chi connectivity index (χ4v) is 4.11. The molecule has 3 atom stereocenters. The standard InChI is InChI=1S/C16H21NO3/c1-15(2)10-4-6-16(15,3)13(8-10)20-12-9-17-7-5-11(12)14(18)19/h5,7,9-10,13H,4,6,8H2,1-3H3,(H,18,19). The molecule has 2 bridgehead atoms. The average molecular weight is 275 g/mol. The summed E-state index contributed by atoms with van der Waals surface area (Å²) in [6, 6.07) is 1.50. The average Bonchev–Trinajstić information content (AvgIpc) is 2.72. The van der Waals surface area contributed by atoms with Gasteiger partial charge in [0.25, 0.3) is 0 Å². The Labute approximate surface area is 119 Å². The van der Waals surface area contributed by atoms with Crippen molar-refractivity contribution in [2.75, 3.05) is 0 Å². The number of pyridine rings is 1. The van der Waals surface area contributed by atoms with E-state index in [2.05, 4.69) is 25.8 Å². The molecule has 2 aliphatic rings. The Morgan fingerprint density at radius 1 is 1.45 bits per heavy atom. The predicted octanol–water partition coefficient (Wildman–Crippen LogP) is 3.37. The van der Waals surface area contributed by atoms with E-state index in [-0.39, 0.29) is 22.5 Å². The zero-order chi connectivity index (χ0) is 14.5. The Balaban J connectivity index is 1.89. The first kappa shape index (κ1) is 13.4. The molecule has 2 aliphatic carbocycles. The molecular weight excluding hydrogens is 254 g/mol. The van der Waals surface area contributed by atoms with Crippen molar-refractivity contribution in [3.8, 4) is 5.75 Å². The number of aromatic nitrogens is 1. The van der Waals surface area contributed by atoms with Crippen LogP contribution in [0.2, 0.25) is 0 Å². The van der Waals surface area contributed by atoms with E-state index in [1.54, 1.807) is 0 Å². The summed E-state index contributed by atoms with van der Waals surface area (Å²) in [4.78, 5) is 15.3. The highest BCUT2D eigenvalue weighted by molar-refractivity contribution is 5.90. The minimum atomic E-state index is -0.963. The van der Waals surface area contributed by atoms with Crippen LogP contribution in [-0.2, 0) is 0 Å². The van der Waals surface area contributed by atoms with E-state index in [4.69, 9.17) is 4.74 Å². The smallest absolute Gasteiger partial charge is 0.339 e. The van der Waals surface area contributed by atoms with Gasteiger partial charge in [-0.15, -0.1) is 0 Å². The molecule has 1 heterocycles. The van der Waals surface area contributed by atoms with Crippen molar-refractivity contribution in [3.63, 3.8) is 0 Å². The predicted molar refractivity (Wildman–Crippen MR) is 74.8 cm³/mol. The maximum atomic E-state index is 11.3. The fraction of sp³-hybridized carbons (Fsp3) is 0.625. The zero-order valence-corrected chi connectivity index (χ0v) is 12.2. The SMILES string of the molecule is CC1(C)C2CCC1(C)C(Oc1cnccc1C(=O)O)C2. The summed E-state index contributed by atoms with van der Waals surface area (Å²) in [6.45, 7) is 6.91. The number of fused-ring (bicyclic) bond motifs is 2. The first-order valence-corrected chi connectivity index (χ1v) is 7.20. The summed E-state index contributed by atoms with van der Waals surface area (Å²) in [5, 5.41) is 9.23. The van der Waals surface area contributed by atoms with Crippen molar-refractivity contribution in [2.45, 2.75) is 46.1 Å². The summed E-state index contributed by atoms with van der Waals surface area (Å²) in [7, 11) is 0. The maximum Gasteiger partial charge on any atom is 0.339 e. The molecule has 3 rings (SSSR count). The minimum absolute atomic E-state index is 0.0820. The molecule has 0 spiro atoms. The van der Waals surface area contributed by atoms with Crippen molar-refractivity contribution < 1.29 is 14.6 Å². The summed E-state index contributed by atoms with van der Waals surface area (Å²) in [6.07, 6.45) is 6.50. The number of nitrogens with zero attached hydrogens (tertiary/aromatic N) is 1. The molecule has 0 amide bonds. The normalized spacial score (nSPS) is 34.1. The van der Waals surface area contributed by atoms with Gasteiger partial charge in [-0.1, -0.05) is 20.8 Å². The monoisotopic (exact) mass is 275 g/mol. The van der Waals surface area contributed by atoms with Crippen LogP contribution in [0.3, 0.4) is 0 Å². The highest BCUT2D eigenvalue weighted by Gasteiger charge is 2.62. The van der Waals surface area contributed by atoms with Crippen molar-refractivity contribution in [2.24, 2.45) is 16.7 Å². The van der Waals surface area contributed by atoms with Crippen molar-refractivity contribution in [3.05, 3.63) is 24.0 Å². The molecule has 2 saturated carbocycles. The lowest BCUT2D eigenvalue weighted by Gasteiger charge is -2.38. The Kier molecular flexibility index (Phi) is 2.82. The van der Waals surface area contributed by atoms with E-state index in [1.807, 2.05) is 0 Å². The largest absolute Gasteiger partial charge is 0.487 e. The highest BCUT2D eigenvalue weighted by Crippen LogP contribution is 2.66. The second-order valence-corrected chi connectivity index (χ2v) is 6.89. The Morgan fingerprint density at radius 3 is 2.75 bits per heavy atom. The van der Waals surface area contributed by atoms with Gasteiger partial charge in [-0.05, 0) is 36.7 Å². The first-order valence-electron chi connectivity index (χ1n) is 7.20. The third kappa shape index (κ3) is 1.67. The molecule has 0 radical (unpaired) electrons. The molecule has 4 nitrogen and oxygen atoms in total. The van der Waals surface area contributed by atoms with Crippen LogP contribution in [0.25, 0.3) is 0 Å². The van der Waals surface area contributed by atoms with E-state index in [0.717, 1.165) is 12.8 Å². The van der Waals surface area contributed by atoms with Gasteiger partial charge in [0, 0.05) is 11.6 Å². The molecule has 3 unspecified atom stereocenters. The number of hydrogen-bond donors (Lipinski definition) is 1. The van der Waals surface area contributed by atoms with Crippen molar-refractivity contribution in [1.82, 2.24) is 4.98 Å². The third-order valence-corrected chi connectivity index (χ3v) is 6.00. The zero-order valence-electron chi connectivity index (χ0n) is 12.2. The summed E-state index contributed by atoms with van der Waals surface area (Å²) >= 11 is 0. The molecule has 4 heteroatoms. The fourth-order valence-electron chi connectivity index (χ4n) is 4.11. The molecule has 0 aromatic carbocycles. The lowest BCUT2D eigenvalue weighted by molar-refractivity contribution is 0.0286. The molecule has 108 valence electrons. The molecule has 20 heavy (non-hydrogen) atoms. The summed E-state index contributed by atoms with van der Waals surface area (Å²) < 4.78 is 6.10. The van der Waals surface area contributed by atoms with Gasteiger partial charge in [0.1, 0.15) is 11.7 Å². The number of hydrogen-bond acceptors (Lipinski definition) is 3. The number of ether oxygens (including phenoxy) is 1. The minimum Gasteiger partial charge on any atom is -0.487 e. The molecule has 1 aromatic heterocycles. The van der Waals surface area contributed by atoms with Crippen LogP contribution in [0, 0.1) is 16.7 Å². The van der Waals surface area contributed by atoms with Crippen LogP contribution in [0.1, 0.15) is 50.4 Å². The lowest BCUT2D eigenvalue weighted by atomic mass is 9.70. The van der Waals surface area contributed by atoms with Gasteiger partial charge in [0.15, 0.2) is 5.75 Å². The quantitative estimate of drug-likeness (QED) is 0.918. The van der Waals surface area contributed by atoms with E-state index in [0.29, 0.717) is 11.7 Å². The van der Waals surface area contributed by atoms with Gasteiger partial charge in [-0.25, -0.2) is 4.79 Å². The molecule has 0 saturated heterocycles. The van der Waals surface area contributed by atoms with Gasteiger partial charge in [-0.2, -0.15) is 0 Å². The van der Waals surface area contributed by atoms with Crippen LogP contribution in [0.4, 0.5) is 0 Å². The Morgan fingerprint density at radius 2 is 2.20 bits per heavy atom. The van der Waals surface area contributed by atoms with Crippen LogP contribution in [0.5, 0.6) is 5.75 Å². The van der Waals surface area contributed by atoms with E-state index < -0.39 is 5.97 Å². The van der Waals surface area contributed by atoms with Gasteiger partial charge in [-0.3, -0.25) is 4.98 Å². The van der Waals surface area contributed by atoms with Crippen LogP contribution < -0.4 is 4.74 Å². The second-order valence-electron chi connectivity index (χ2n) is 6.89. The van der Waals surface area contributed by atoms with Crippen molar-refractivity contribution in [1.29, 1.82) is 0 Å². The number of aromatic carboxylic acids is 1. The Bertz CT molecular complexity index is 554. The first-order chi connectivity index (χ1) is 9.36. The molecule has 0 aliphatic heterocycles. The van der Waals surface area contributed by atoms with E-state index in [9.17, 15) is 9.90 Å². The summed E-state index contributed by atoms with van der Waals surface area (Å²) in [5.74, 6) is 0.104. The lowest BCUT2D eigenvalue weighted by Crippen LogP contribution is -2.39. The maximum absolute atomic E-state index is 11.3. The van der Waals surface area contributed by atoms with E-state index >= 15 is 0 Å². The number of carboxylic acid groups (broad SMARTS) is 1. The number of carboxylic acids is 1. The number of carbonyl (C=O) groups is 1. The van der Waals surface area contributed by atoms with Gasteiger partial charge in [0.05, 0.1) is 6.20 Å². The molecular formula is C16H21NO3. The van der Waals surface area contributed by atoms with Crippen LogP contribution in [0.15, 0.2) is 18.5 Å². The molecule has 1 aromatic rings. The second kappa shape index (κ2) is 4.21. The van der Waals surface area contributed by atoms with Gasteiger partial charge < -0.3 is 9.84 Å².